The lowest BCUT2D eigenvalue weighted by molar-refractivity contribution is 0.0511. The van der Waals surface area contributed by atoms with Crippen LogP contribution in [0.5, 0.6) is 0 Å². The molecule has 2 nitrogen and oxygen atoms in total. The van der Waals surface area contributed by atoms with Crippen LogP contribution in [0.15, 0.2) is 30.3 Å². The normalized spacial score (nSPS) is 22.4. The topological polar surface area (TPSA) is 26.3 Å². The summed E-state index contributed by atoms with van der Waals surface area (Å²) in [5.41, 5.74) is 0.627. The first-order valence-corrected chi connectivity index (χ1v) is 7.47. The summed E-state index contributed by atoms with van der Waals surface area (Å²) < 4.78 is 5.59. The van der Waals surface area contributed by atoms with E-state index in [1.807, 2.05) is 41.7 Å². The number of thioether (sulfide) groups is 2. The third-order valence-corrected chi connectivity index (χ3v) is 5.80. The molecule has 1 fully saturated rings. The number of rotatable bonds is 3. The van der Waals surface area contributed by atoms with Crippen molar-refractivity contribution in [3.63, 3.8) is 0 Å². The first kappa shape index (κ1) is 12.8. The molecule has 0 N–H and O–H groups in total. The standard InChI is InChI=1S/C13H16O2S2/c1-13(2)16-9-11(17-13)8-15-12(14)10-6-4-3-5-7-10/h3-7,11H,8-9H2,1-2H3/t11-/m0/s1. The van der Waals surface area contributed by atoms with Gasteiger partial charge in [0.25, 0.3) is 0 Å². The molecular formula is C13H16O2S2. The lowest BCUT2D eigenvalue weighted by Gasteiger charge is -2.15. The van der Waals surface area contributed by atoms with E-state index < -0.39 is 0 Å². The van der Waals surface area contributed by atoms with Crippen molar-refractivity contribution in [2.45, 2.75) is 23.2 Å². The molecule has 0 unspecified atom stereocenters. The van der Waals surface area contributed by atoms with Gasteiger partial charge in [-0.1, -0.05) is 18.2 Å². The van der Waals surface area contributed by atoms with Crippen LogP contribution >= 0.6 is 23.5 Å². The fourth-order valence-electron chi connectivity index (χ4n) is 1.67. The molecule has 0 aromatic heterocycles. The average Bonchev–Trinajstić information content (AvgIpc) is 2.67. The molecule has 0 bridgehead atoms. The summed E-state index contributed by atoms with van der Waals surface area (Å²) in [6.07, 6.45) is 0. The third-order valence-electron chi connectivity index (χ3n) is 2.48. The maximum absolute atomic E-state index is 11.7. The van der Waals surface area contributed by atoms with Gasteiger partial charge in [0.2, 0.25) is 0 Å². The lowest BCUT2D eigenvalue weighted by Crippen LogP contribution is -2.16. The highest BCUT2D eigenvalue weighted by molar-refractivity contribution is 8.21. The zero-order valence-electron chi connectivity index (χ0n) is 10.0. The van der Waals surface area contributed by atoms with E-state index in [2.05, 4.69) is 13.8 Å². The van der Waals surface area contributed by atoms with Gasteiger partial charge in [0.15, 0.2) is 0 Å². The van der Waals surface area contributed by atoms with Crippen molar-refractivity contribution in [3.8, 4) is 0 Å². The summed E-state index contributed by atoms with van der Waals surface area (Å²) in [6, 6.07) is 9.15. The quantitative estimate of drug-likeness (QED) is 0.785. The highest BCUT2D eigenvalue weighted by Crippen LogP contribution is 2.47. The van der Waals surface area contributed by atoms with Gasteiger partial charge in [0.05, 0.1) is 9.64 Å². The number of ether oxygens (including phenoxy) is 1. The Kier molecular flexibility index (Phi) is 4.05. The Morgan fingerprint density at radius 3 is 2.71 bits per heavy atom. The van der Waals surface area contributed by atoms with Crippen LogP contribution in [0.25, 0.3) is 0 Å². The second-order valence-electron chi connectivity index (χ2n) is 4.42. The van der Waals surface area contributed by atoms with Gasteiger partial charge in [-0.15, -0.1) is 23.5 Å². The molecule has 1 aliphatic heterocycles. The summed E-state index contributed by atoms with van der Waals surface area (Å²) in [6.45, 7) is 4.93. The summed E-state index contributed by atoms with van der Waals surface area (Å²) in [7, 11) is 0. The summed E-state index contributed by atoms with van der Waals surface area (Å²) in [5, 5.41) is 0.419. The smallest absolute Gasteiger partial charge is 0.338 e. The fraction of sp³-hybridized carbons (Fsp3) is 0.462. The highest BCUT2D eigenvalue weighted by atomic mass is 32.2. The number of hydrogen-bond donors (Lipinski definition) is 0. The van der Waals surface area contributed by atoms with E-state index in [-0.39, 0.29) is 10.0 Å². The van der Waals surface area contributed by atoms with Crippen LogP contribution in [0.4, 0.5) is 0 Å². The predicted molar refractivity (Wildman–Crippen MR) is 74.6 cm³/mol. The summed E-state index contributed by atoms with van der Waals surface area (Å²) >= 11 is 3.82. The summed E-state index contributed by atoms with van der Waals surface area (Å²) in [5.74, 6) is 0.834. The predicted octanol–water partition coefficient (Wildman–Crippen LogP) is 3.43. The molecule has 1 heterocycles. The lowest BCUT2D eigenvalue weighted by atomic mass is 10.2. The van der Waals surface area contributed by atoms with Gasteiger partial charge < -0.3 is 4.74 Å². The number of carbonyl (C=O) groups is 1. The third kappa shape index (κ3) is 3.68. The van der Waals surface area contributed by atoms with E-state index in [1.54, 1.807) is 12.1 Å². The van der Waals surface area contributed by atoms with Crippen molar-refractivity contribution in [3.05, 3.63) is 35.9 Å². The molecule has 92 valence electrons. The first-order chi connectivity index (χ1) is 8.07. The molecular weight excluding hydrogens is 252 g/mol. The molecule has 1 aromatic rings. The largest absolute Gasteiger partial charge is 0.461 e. The fourth-order valence-corrected chi connectivity index (χ4v) is 4.65. The van der Waals surface area contributed by atoms with E-state index in [4.69, 9.17) is 4.74 Å². The number of benzene rings is 1. The van der Waals surface area contributed by atoms with Crippen LogP contribution in [-0.2, 0) is 4.74 Å². The van der Waals surface area contributed by atoms with Crippen molar-refractivity contribution >= 4 is 29.5 Å². The van der Waals surface area contributed by atoms with Crippen LogP contribution in [-0.4, -0.2) is 27.7 Å². The minimum atomic E-state index is -0.221. The van der Waals surface area contributed by atoms with Crippen molar-refractivity contribution in [1.82, 2.24) is 0 Å². The van der Waals surface area contributed by atoms with Crippen molar-refractivity contribution in [2.75, 3.05) is 12.4 Å². The monoisotopic (exact) mass is 268 g/mol. The van der Waals surface area contributed by atoms with E-state index in [1.165, 1.54) is 0 Å². The van der Waals surface area contributed by atoms with Crippen LogP contribution in [0.2, 0.25) is 0 Å². The molecule has 1 saturated heterocycles. The van der Waals surface area contributed by atoms with Gasteiger partial charge in [-0.2, -0.15) is 0 Å². The van der Waals surface area contributed by atoms with Crippen LogP contribution in [0, 0.1) is 0 Å². The molecule has 0 spiro atoms. The Labute approximate surface area is 111 Å². The molecule has 1 aromatic carbocycles. The van der Waals surface area contributed by atoms with Crippen LogP contribution in [0.3, 0.4) is 0 Å². The minimum absolute atomic E-state index is 0.221. The molecule has 0 aliphatic carbocycles. The molecule has 1 aliphatic rings. The summed E-state index contributed by atoms with van der Waals surface area (Å²) in [4.78, 5) is 11.7. The number of carbonyl (C=O) groups excluding carboxylic acids is 1. The van der Waals surface area contributed by atoms with Gasteiger partial charge in [0, 0.05) is 11.0 Å². The van der Waals surface area contributed by atoms with Crippen LogP contribution in [0.1, 0.15) is 24.2 Å². The number of hydrogen-bond acceptors (Lipinski definition) is 4. The second kappa shape index (κ2) is 5.36. The van der Waals surface area contributed by atoms with E-state index >= 15 is 0 Å². The Morgan fingerprint density at radius 2 is 2.12 bits per heavy atom. The first-order valence-electron chi connectivity index (χ1n) is 5.61. The van der Waals surface area contributed by atoms with Crippen molar-refractivity contribution < 1.29 is 9.53 Å². The van der Waals surface area contributed by atoms with Gasteiger partial charge in [0.1, 0.15) is 6.61 Å². The number of esters is 1. The maximum Gasteiger partial charge on any atom is 0.338 e. The molecule has 2 rings (SSSR count). The highest BCUT2D eigenvalue weighted by Gasteiger charge is 2.33. The zero-order chi connectivity index (χ0) is 12.3. The second-order valence-corrected chi connectivity index (χ2v) is 8.24. The zero-order valence-corrected chi connectivity index (χ0v) is 11.6. The Morgan fingerprint density at radius 1 is 1.41 bits per heavy atom. The Hall–Kier alpha value is -0.610. The molecule has 17 heavy (non-hydrogen) atoms. The maximum atomic E-state index is 11.7. The van der Waals surface area contributed by atoms with Gasteiger partial charge in [-0.3, -0.25) is 0 Å². The molecule has 0 saturated carbocycles. The molecule has 0 radical (unpaired) electrons. The van der Waals surface area contributed by atoms with E-state index in [0.717, 1.165) is 5.75 Å². The van der Waals surface area contributed by atoms with Crippen LogP contribution < -0.4 is 0 Å². The molecule has 4 heteroatoms. The minimum Gasteiger partial charge on any atom is -0.461 e. The SMILES string of the molecule is CC1(C)SC[C@H](COC(=O)c2ccccc2)S1. The van der Waals surface area contributed by atoms with Crippen molar-refractivity contribution in [1.29, 1.82) is 0 Å². The Balaban J connectivity index is 1.82. The van der Waals surface area contributed by atoms with E-state index in [0.29, 0.717) is 17.4 Å². The Bertz CT molecular complexity index is 390. The van der Waals surface area contributed by atoms with Gasteiger partial charge in [-0.25, -0.2) is 4.79 Å². The molecule has 0 amide bonds. The average molecular weight is 268 g/mol. The van der Waals surface area contributed by atoms with Gasteiger partial charge >= 0.3 is 5.97 Å². The molecule has 1 atom stereocenters. The van der Waals surface area contributed by atoms with E-state index in [9.17, 15) is 4.79 Å². The van der Waals surface area contributed by atoms with Crippen molar-refractivity contribution in [2.24, 2.45) is 0 Å². The van der Waals surface area contributed by atoms with Gasteiger partial charge in [-0.05, 0) is 26.0 Å².